The van der Waals surface area contributed by atoms with Crippen molar-refractivity contribution in [3.8, 4) is 17.1 Å². The summed E-state index contributed by atoms with van der Waals surface area (Å²) < 4.78 is 8.37. The summed E-state index contributed by atoms with van der Waals surface area (Å²) in [5, 5.41) is 0. The number of fused-ring (bicyclic) bond motifs is 1. The number of halogens is 1. The van der Waals surface area contributed by atoms with Gasteiger partial charge in [-0.2, -0.15) is 0 Å². The monoisotopic (exact) mass is 330 g/mol. The summed E-state index contributed by atoms with van der Waals surface area (Å²) in [7, 11) is 1.70. The fourth-order valence-corrected chi connectivity index (χ4v) is 3.10. The molecule has 3 rings (SSSR count). The lowest BCUT2D eigenvalue weighted by Gasteiger charge is -2.10. The molecule has 3 aromatic rings. The van der Waals surface area contributed by atoms with Crippen LogP contribution in [-0.2, 0) is 0 Å². The van der Waals surface area contributed by atoms with Crippen molar-refractivity contribution in [2.24, 2.45) is 0 Å². The molecule has 1 aromatic carbocycles. The molecule has 102 valence electrons. The SMILES string of the molecule is COc1c(C)cc(-c2nc(Br)c3ccccn23)cc1C. The van der Waals surface area contributed by atoms with E-state index in [2.05, 4.69) is 51.3 Å². The van der Waals surface area contributed by atoms with Crippen LogP contribution in [0.2, 0.25) is 0 Å². The lowest BCUT2D eigenvalue weighted by atomic mass is 10.1. The van der Waals surface area contributed by atoms with Crippen LogP contribution in [-0.4, -0.2) is 16.5 Å². The number of nitrogens with zero attached hydrogens (tertiary/aromatic N) is 2. The zero-order valence-corrected chi connectivity index (χ0v) is 13.2. The number of rotatable bonds is 2. The lowest BCUT2D eigenvalue weighted by molar-refractivity contribution is 0.408. The normalized spacial score (nSPS) is 11.0. The van der Waals surface area contributed by atoms with Gasteiger partial charge in [0.15, 0.2) is 0 Å². The quantitative estimate of drug-likeness (QED) is 0.696. The predicted octanol–water partition coefficient (Wildman–Crippen LogP) is 4.39. The van der Waals surface area contributed by atoms with Crippen LogP contribution in [0, 0.1) is 13.8 Å². The van der Waals surface area contributed by atoms with Gasteiger partial charge in [-0.3, -0.25) is 4.40 Å². The summed E-state index contributed by atoms with van der Waals surface area (Å²) in [6.45, 7) is 4.11. The van der Waals surface area contributed by atoms with E-state index < -0.39 is 0 Å². The van der Waals surface area contributed by atoms with Crippen molar-refractivity contribution >= 4 is 21.4 Å². The zero-order chi connectivity index (χ0) is 14.3. The third kappa shape index (κ3) is 2.00. The summed E-state index contributed by atoms with van der Waals surface area (Å²) in [6, 6.07) is 10.3. The first kappa shape index (κ1) is 13.2. The molecule has 2 aromatic heterocycles. The largest absolute Gasteiger partial charge is 0.496 e. The highest BCUT2D eigenvalue weighted by Crippen LogP contribution is 2.31. The molecule has 3 nitrogen and oxygen atoms in total. The number of hydrogen-bond donors (Lipinski definition) is 0. The molecule has 0 amide bonds. The number of aromatic nitrogens is 2. The molecule has 0 radical (unpaired) electrons. The highest BCUT2D eigenvalue weighted by atomic mass is 79.9. The molecule has 20 heavy (non-hydrogen) atoms. The molecular formula is C16H15BrN2O. The van der Waals surface area contributed by atoms with Gasteiger partial charge in [0.25, 0.3) is 0 Å². The summed E-state index contributed by atoms with van der Waals surface area (Å²) in [5.41, 5.74) is 4.39. The van der Waals surface area contributed by atoms with E-state index in [1.165, 1.54) is 0 Å². The Morgan fingerprint density at radius 3 is 2.50 bits per heavy atom. The summed E-state index contributed by atoms with van der Waals surface area (Å²) in [5.74, 6) is 1.87. The Hall–Kier alpha value is -1.81. The van der Waals surface area contributed by atoms with Crippen LogP contribution in [0.5, 0.6) is 5.75 Å². The van der Waals surface area contributed by atoms with Crippen LogP contribution in [0.3, 0.4) is 0 Å². The molecule has 0 N–H and O–H groups in total. The van der Waals surface area contributed by atoms with E-state index in [0.717, 1.165) is 38.4 Å². The topological polar surface area (TPSA) is 26.5 Å². The number of benzene rings is 1. The van der Waals surface area contributed by atoms with Gasteiger partial charge >= 0.3 is 0 Å². The van der Waals surface area contributed by atoms with Gasteiger partial charge in [0.1, 0.15) is 16.2 Å². The molecule has 0 saturated carbocycles. The van der Waals surface area contributed by atoms with Gasteiger partial charge in [0.2, 0.25) is 0 Å². The van der Waals surface area contributed by atoms with Crippen molar-refractivity contribution in [1.82, 2.24) is 9.38 Å². The minimum Gasteiger partial charge on any atom is -0.496 e. The molecule has 0 atom stereocenters. The van der Waals surface area contributed by atoms with Gasteiger partial charge < -0.3 is 4.74 Å². The van der Waals surface area contributed by atoms with Crippen LogP contribution in [0.4, 0.5) is 0 Å². The van der Waals surface area contributed by atoms with E-state index in [4.69, 9.17) is 4.74 Å². The van der Waals surface area contributed by atoms with E-state index in [1.54, 1.807) is 7.11 Å². The van der Waals surface area contributed by atoms with Crippen molar-refractivity contribution < 1.29 is 4.74 Å². The Labute approximate surface area is 126 Å². The first-order chi connectivity index (χ1) is 9.61. The van der Waals surface area contributed by atoms with Crippen LogP contribution < -0.4 is 4.74 Å². The van der Waals surface area contributed by atoms with Crippen molar-refractivity contribution in [3.63, 3.8) is 0 Å². The highest BCUT2D eigenvalue weighted by molar-refractivity contribution is 9.10. The Bertz CT molecular complexity index is 769. The second kappa shape index (κ2) is 4.94. The first-order valence-electron chi connectivity index (χ1n) is 6.40. The molecule has 0 saturated heterocycles. The molecule has 0 aliphatic heterocycles. The maximum atomic E-state index is 5.42. The van der Waals surface area contributed by atoms with Gasteiger partial charge in [-0.15, -0.1) is 0 Å². The molecule has 0 spiro atoms. The number of ether oxygens (including phenoxy) is 1. The number of imidazole rings is 1. The second-order valence-electron chi connectivity index (χ2n) is 4.83. The van der Waals surface area contributed by atoms with Crippen LogP contribution >= 0.6 is 15.9 Å². The number of hydrogen-bond acceptors (Lipinski definition) is 2. The lowest BCUT2D eigenvalue weighted by Crippen LogP contribution is -1.94. The summed E-state index contributed by atoms with van der Waals surface area (Å²) in [4.78, 5) is 4.64. The third-order valence-corrected chi connectivity index (χ3v) is 4.01. The third-order valence-electron chi connectivity index (χ3n) is 3.43. The molecule has 0 aliphatic rings. The standard InChI is InChI=1S/C16H15BrN2O/c1-10-8-12(9-11(2)14(10)20-3)16-18-15(17)13-6-4-5-7-19(13)16/h4-9H,1-3H3. The summed E-state index contributed by atoms with van der Waals surface area (Å²) in [6.07, 6.45) is 2.03. The van der Waals surface area contributed by atoms with Crippen molar-refractivity contribution in [2.45, 2.75) is 13.8 Å². The minimum absolute atomic E-state index is 0.860. The molecule has 4 heteroatoms. The van der Waals surface area contributed by atoms with Crippen molar-refractivity contribution in [1.29, 1.82) is 0 Å². The van der Waals surface area contributed by atoms with E-state index in [1.807, 2.05) is 24.4 Å². The number of aryl methyl sites for hydroxylation is 2. The van der Waals surface area contributed by atoms with Crippen LogP contribution in [0.15, 0.2) is 41.1 Å². The Morgan fingerprint density at radius 1 is 1.15 bits per heavy atom. The van der Waals surface area contributed by atoms with Gasteiger partial charge in [0, 0.05) is 11.8 Å². The average Bonchev–Trinajstić information content (AvgIpc) is 2.76. The number of pyridine rings is 1. The smallest absolute Gasteiger partial charge is 0.145 e. The van der Waals surface area contributed by atoms with E-state index in [0.29, 0.717) is 0 Å². The summed E-state index contributed by atoms with van der Waals surface area (Å²) >= 11 is 3.52. The van der Waals surface area contributed by atoms with E-state index in [-0.39, 0.29) is 0 Å². The Morgan fingerprint density at radius 2 is 1.85 bits per heavy atom. The molecular weight excluding hydrogens is 316 g/mol. The maximum Gasteiger partial charge on any atom is 0.145 e. The fourth-order valence-electron chi connectivity index (χ4n) is 2.61. The molecule has 2 heterocycles. The highest BCUT2D eigenvalue weighted by Gasteiger charge is 2.13. The average molecular weight is 331 g/mol. The maximum absolute atomic E-state index is 5.42. The molecule has 0 fully saturated rings. The zero-order valence-electron chi connectivity index (χ0n) is 11.6. The minimum atomic E-state index is 0.860. The van der Waals surface area contributed by atoms with E-state index >= 15 is 0 Å². The Balaban J connectivity index is 2.26. The Kier molecular flexibility index (Phi) is 3.26. The fraction of sp³-hybridized carbons (Fsp3) is 0.188. The van der Waals surface area contributed by atoms with E-state index in [9.17, 15) is 0 Å². The van der Waals surface area contributed by atoms with Gasteiger partial charge in [-0.05, 0) is 65.2 Å². The molecule has 0 aliphatic carbocycles. The van der Waals surface area contributed by atoms with Crippen molar-refractivity contribution in [2.75, 3.05) is 7.11 Å². The second-order valence-corrected chi connectivity index (χ2v) is 5.58. The predicted molar refractivity (Wildman–Crippen MR) is 84.4 cm³/mol. The van der Waals surface area contributed by atoms with Gasteiger partial charge in [0.05, 0.1) is 12.6 Å². The molecule has 0 bridgehead atoms. The van der Waals surface area contributed by atoms with Gasteiger partial charge in [-0.25, -0.2) is 4.98 Å². The van der Waals surface area contributed by atoms with Crippen LogP contribution in [0.25, 0.3) is 16.9 Å². The van der Waals surface area contributed by atoms with Crippen LogP contribution in [0.1, 0.15) is 11.1 Å². The van der Waals surface area contributed by atoms with Crippen molar-refractivity contribution in [3.05, 3.63) is 52.3 Å². The first-order valence-corrected chi connectivity index (χ1v) is 7.19. The van der Waals surface area contributed by atoms with Gasteiger partial charge in [-0.1, -0.05) is 6.07 Å². The molecule has 0 unspecified atom stereocenters. The number of methoxy groups -OCH3 is 1.